The number of hydrogen-bond acceptors (Lipinski definition) is 6. The highest BCUT2D eigenvalue weighted by Crippen LogP contribution is 2.30. The third-order valence-corrected chi connectivity index (χ3v) is 7.53. The minimum Gasteiger partial charge on any atom is -0.457 e. The zero-order chi connectivity index (χ0) is 23.8. The Labute approximate surface area is 199 Å². The number of cyclic esters (lactones) is 1. The molecule has 0 saturated carbocycles. The molecule has 1 saturated heterocycles. The van der Waals surface area contributed by atoms with Crippen LogP contribution >= 0.6 is 0 Å². The average Bonchev–Trinajstić information content (AvgIpc) is 3.12. The predicted octanol–water partition coefficient (Wildman–Crippen LogP) is 2.66. The van der Waals surface area contributed by atoms with Gasteiger partial charge in [0.1, 0.15) is 6.61 Å². The second kappa shape index (κ2) is 9.21. The molecule has 2 aromatic rings. The van der Waals surface area contributed by atoms with E-state index in [2.05, 4.69) is 6.07 Å². The Morgan fingerprint density at radius 1 is 1.21 bits per heavy atom. The van der Waals surface area contributed by atoms with E-state index in [9.17, 15) is 14.7 Å². The van der Waals surface area contributed by atoms with E-state index in [0.29, 0.717) is 24.2 Å². The molecule has 2 heterocycles. The van der Waals surface area contributed by atoms with Gasteiger partial charge in [-0.2, -0.15) is 5.26 Å². The molecule has 0 radical (unpaired) electrons. The fourth-order valence-electron chi connectivity index (χ4n) is 5.64. The molecule has 2 unspecified atom stereocenters. The molecule has 0 bridgehead atoms. The van der Waals surface area contributed by atoms with Crippen molar-refractivity contribution in [3.8, 4) is 6.07 Å². The fraction of sp³-hybridized carbons (Fsp3) is 0.444. The van der Waals surface area contributed by atoms with E-state index in [-0.39, 0.29) is 24.5 Å². The van der Waals surface area contributed by atoms with Crippen molar-refractivity contribution in [2.75, 3.05) is 26.2 Å². The highest BCUT2D eigenvalue weighted by molar-refractivity contribution is 5.94. The van der Waals surface area contributed by atoms with E-state index in [1.807, 2.05) is 34.9 Å². The molecule has 1 fully saturated rings. The normalized spacial score (nSPS) is 21.3. The SMILES string of the molecule is Cc1c(C(O)CN2CCCN(C3CCc4cc(C#N)ccc4C3)C(=O)C2)ccc2c1COC2=O. The number of rotatable bonds is 4. The first-order valence-electron chi connectivity index (χ1n) is 12.0. The summed E-state index contributed by atoms with van der Waals surface area (Å²) in [5, 5.41) is 20.1. The van der Waals surface area contributed by atoms with Gasteiger partial charge in [-0.1, -0.05) is 12.1 Å². The van der Waals surface area contributed by atoms with Crippen molar-refractivity contribution in [2.45, 2.75) is 51.4 Å². The van der Waals surface area contributed by atoms with Crippen molar-refractivity contribution in [3.05, 3.63) is 69.3 Å². The largest absolute Gasteiger partial charge is 0.457 e. The monoisotopic (exact) mass is 459 g/mol. The maximum atomic E-state index is 13.2. The Balaban J connectivity index is 1.24. The maximum absolute atomic E-state index is 13.2. The summed E-state index contributed by atoms with van der Waals surface area (Å²) in [5.74, 6) is -0.204. The second-order valence-corrected chi connectivity index (χ2v) is 9.57. The predicted molar refractivity (Wildman–Crippen MR) is 125 cm³/mol. The number of carbonyl (C=O) groups excluding carboxylic acids is 2. The van der Waals surface area contributed by atoms with Crippen molar-refractivity contribution in [2.24, 2.45) is 0 Å². The summed E-state index contributed by atoms with van der Waals surface area (Å²) in [6, 6.07) is 11.8. The number of β-amino-alcohol motifs (C(OH)–C–C–N with tert-alkyl or cyclic N) is 1. The van der Waals surface area contributed by atoms with Gasteiger partial charge in [0.05, 0.1) is 29.8 Å². The summed E-state index contributed by atoms with van der Waals surface area (Å²) in [5.41, 5.74) is 6.24. The van der Waals surface area contributed by atoms with Gasteiger partial charge in [-0.15, -0.1) is 0 Å². The zero-order valence-electron chi connectivity index (χ0n) is 19.4. The number of benzene rings is 2. The van der Waals surface area contributed by atoms with Crippen LogP contribution in [0.3, 0.4) is 0 Å². The van der Waals surface area contributed by atoms with Crippen LogP contribution in [-0.2, 0) is 29.0 Å². The molecule has 2 aromatic carbocycles. The summed E-state index contributed by atoms with van der Waals surface area (Å²) >= 11 is 0. The Morgan fingerprint density at radius 3 is 2.88 bits per heavy atom. The van der Waals surface area contributed by atoms with E-state index >= 15 is 0 Å². The number of aliphatic hydroxyl groups is 1. The van der Waals surface area contributed by atoms with Crippen molar-refractivity contribution in [1.82, 2.24) is 9.80 Å². The maximum Gasteiger partial charge on any atom is 0.338 e. The lowest BCUT2D eigenvalue weighted by Gasteiger charge is -2.34. The molecule has 3 aliphatic rings. The van der Waals surface area contributed by atoms with Crippen LogP contribution in [0.2, 0.25) is 0 Å². The highest BCUT2D eigenvalue weighted by Gasteiger charge is 2.32. The number of nitriles is 1. The molecular weight excluding hydrogens is 430 g/mol. The first-order chi connectivity index (χ1) is 16.4. The van der Waals surface area contributed by atoms with Crippen LogP contribution in [0.15, 0.2) is 30.3 Å². The summed E-state index contributed by atoms with van der Waals surface area (Å²) in [6.07, 6.45) is 2.73. The molecule has 1 N–H and O–H groups in total. The van der Waals surface area contributed by atoms with Crippen LogP contribution in [0.4, 0.5) is 0 Å². The number of fused-ring (bicyclic) bond motifs is 2. The lowest BCUT2D eigenvalue weighted by molar-refractivity contribution is -0.133. The number of carbonyl (C=O) groups is 2. The first kappa shape index (κ1) is 22.6. The van der Waals surface area contributed by atoms with E-state index in [4.69, 9.17) is 10.00 Å². The molecule has 0 spiro atoms. The fourth-order valence-corrected chi connectivity index (χ4v) is 5.64. The summed E-state index contributed by atoms with van der Waals surface area (Å²) in [6.45, 7) is 4.30. The summed E-state index contributed by atoms with van der Waals surface area (Å²) < 4.78 is 5.13. The molecule has 7 heteroatoms. The van der Waals surface area contributed by atoms with E-state index in [0.717, 1.165) is 55.5 Å². The minimum absolute atomic E-state index is 0.108. The Hall–Kier alpha value is -3.21. The lowest BCUT2D eigenvalue weighted by atomic mass is 9.86. The van der Waals surface area contributed by atoms with E-state index in [1.165, 1.54) is 11.1 Å². The van der Waals surface area contributed by atoms with Crippen LogP contribution in [0.25, 0.3) is 0 Å². The number of ether oxygens (including phenoxy) is 1. The summed E-state index contributed by atoms with van der Waals surface area (Å²) in [4.78, 5) is 29.1. The number of nitrogens with zero attached hydrogens (tertiary/aromatic N) is 3. The summed E-state index contributed by atoms with van der Waals surface area (Å²) in [7, 11) is 0. The van der Waals surface area contributed by atoms with Crippen molar-refractivity contribution >= 4 is 11.9 Å². The van der Waals surface area contributed by atoms with Gasteiger partial charge < -0.3 is 14.7 Å². The minimum atomic E-state index is -0.740. The molecule has 34 heavy (non-hydrogen) atoms. The Bertz CT molecular complexity index is 1190. The van der Waals surface area contributed by atoms with E-state index < -0.39 is 6.10 Å². The third-order valence-electron chi connectivity index (χ3n) is 7.53. The molecule has 2 aliphatic heterocycles. The third kappa shape index (κ3) is 4.20. The topological polar surface area (TPSA) is 93.9 Å². The van der Waals surface area contributed by atoms with Gasteiger partial charge in [0.15, 0.2) is 0 Å². The van der Waals surface area contributed by atoms with Crippen molar-refractivity contribution in [3.63, 3.8) is 0 Å². The second-order valence-electron chi connectivity index (χ2n) is 9.57. The van der Waals surface area contributed by atoms with Gasteiger partial charge in [-0.05, 0) is 73.1 Å². The standard InChI is InChI=1S/C27H29N3O4/c1-17-22(7-8-23-24(17)16-34-27(23)33)25(31)14-29-9-2-10-30(26(32)15-29)21-6-5-19-11-18(13-28)3-4-20(19)12-21/h3-4,7-8,11,21,25,31H,2,5-6,9-10,12,14-16H2,1H3. The van der Waals surface area contributed by atoms with Crippen LogP contribution in [0.1, 0.15) is 62.7 Å². The number of aryl methyl sites for hydroxylation is 1. The lowest BCUT2D eigenvalue weighted by Crippen LogP contribution is -2.46. The number of aliphatic hydroxyl groups excluding tert-OH is 1. The Kier molecular flexibility index (Phi) is 6.11. The van der Waals surface area contributed by atoms with Crippen molar-refractivity contribution in [1.29, 1.82) is 5.26 Å². The van der Waals surface area contributed by atoms with Gasteiger partial charge in [-0.25, -0.2) is 4.79 Å². The smallest absolute Gasteiger partial charge is 0.338 e. The van der Waals surface area contributed by atoms with Gasteiger partial charge in [0, 0.05) is 31.2 Å². The van der Waals surface area contributed by atoms with Gasteiger partial charge in [0.2, 0.25) is 5.91 Å². The van der Waals surface area contributed by atoms with Crippen LogP contribution in [0, 0.1) is 18.3 Å². The average molecular weight is 460 g/mol. The van der Waals surface area contributed by atoms with Gasteiger partial charge >= 0.3 is 5.97 Å². The van der Waals surface area contributed by atoms with E-state index in [1.54, 1.807) is 12.1 Å². The number of esters is 1. The number of hydrogen-bond donors (Lipinski definition) is 1. The Morgan fingerprint density at radius 2 is 2.06 bits per heavy atom. The molecule has 5 rings (SSSR count). The quantitative estimate of drug-likeness (QED) is 0.707. The molecule has 1 aliphatic carbocycles. The van der Waals surface area contributed by atoms with Gasteiger partial charge in [-0.3, -0.25) is 9.69 Å². The molecule has 1 amide bonds. The molecule has 0 aromatic heterocycles. The van der Waals surface area contributed by atoms with Crippen LogP contribution in [-0.4, -0.2) is 59.0 Å². The molecule has 176 valence electrons. The molecule has 7 nitrogen and oxygen atoms in total. The first-order valence-corrected chi connectivity index (χ1v) is 12.0. The van der Waals surface area contributed by atoms with Crippen molar-refractivity contribution < 1.29 is 19.4 Å². The van der Waals surface area contributed by atoms with Crippen LogP contribution in [0.5, 0.6) is 0 Å². The highest BCUT2D eigenvalue weighted by atomic mass is 16.5. The van der Waals surface area contributed by atoms with Gasteiger partial charge in [0.25, 0.3) is 0 Å². The van der Waals surface area contributed by atoms with Crippen LogP contribution < -0.4 is 0 Å². The number of amides is 1. The molecular formula is C27H29N3O4. The zero-order valence-corrected chi connectivity index (χ0v) is 19.4. The molecule has 2 atom stereocenters.